The summed E-state index contributed by atoms with van der Waals surface area (Å²) in [4.78, 5) is 27.0. The number of amides is 1. The molecule has 2 aromatic rings. The van der Waals surface area contributed by atoms with E-state index in [2.05, 4.69) is 0 Å². The number of carboxylic acid groups (broad SMARTS) is 1. The maximum absolute atomic E-state index is 13.3. The number of carboxylic acids is 1. The number of fused-ring (bicyclic) bond motifs is 4. The van der Waals surface area contributed by atoms with Crippen molar-refractivity contribution in [3.05, 3.63) is 53.6 Å². The van der Waals surface area contributed by atoms with Gasteiger partial charge in [0, 0.05) is 18.9 Å². The smallest absolute Gasteiger partial charge is 0.316 e. The fourth-order valence-corrected chi connectivity index (χ4v) is 4.83. The Kier molecular flexibility index (Phi) is 6.00. The van der Waals surface area contributed by atoms with Crippen LogP contribution in [0.3, 0.4) is 0 Å². The molecule has 0 unspecified atom stereocenters. The summed E-state index contributed by atoms with van der Waals surface area (Å²) in [6.07, 6.45) is 0.982. The van der Waals surface area contributed by atoms with E-state index in [0.29, 0.717) is 49.8 Å². The van der Waals surface area contributed by atoms with Gasteiger partial charge in [-0.3, -0.25) is 9.59 Å². The van der Waals surface area contributed by atoms with Gasteiger partial charge in [-0.05, 0) is 56.5 Å². The first-order valence-electron chi connectivity index (χ1n) is 11.1. The monoisotopic (exact) mass is 439 g/mol. The molecular weight excluding hydrogens is 410 g/mol. The maximum atomic E-state index is 13.3. The Hall–Kier alpha value is -3.22. The molecule has 1 fully saturated rings. The highest BCUT2D eigenvalue weighted by molar-refractivity contribution is 5.99. The second-order valence-corrected chi connectivity index (χ2v) is 8.33. The summed E-state index contributed by atoms with van der Waals surface area (Å²) in [5.74, 6) is -1.02. The zero-order chi connectivity index (χ0) is 22.9. The van der Waals surface area contributed by atoms with Crippen molar-refractivity contribution in [1.82, 2.24) is 4.90 Å². The van der Waals surface area contributed by atoms with Crippen LogP contribution in [0.4, 0.5) is 0 Å². The summed E-state index contributed by atoms with van der Waals surface area (Å²) in [5, 5.41) is 9.89. The lowest BCUT2D eigenvalue weighted by atomic mass is 9.73. The fraction of sp³-hybridized carbons (Fsp3) is 0.440. The highest BCUT2D eigenvalue weighted by atomic mass is 16.5. The molecule has 0 aromatic heterocycles. The molecule has 170 valence electrons. The average Bonchev–Trinajstić information content (AvgIpc) is 2.75. The standard InChI is InChI=1S/C25H29NO6/c1-4-30-20-11-10-16(14-21(20)31-5-2)12-13-26-23(27)22(24(28)29)18-15-25(26,3)32-19-9-7-6-8-17(18)19/h6-11,14,18,22H,4-5,12-13,15H2,1-3H3,(H,28,29)/t18-,22+,25+/m1/s1. The van der Waals surface area contributed by atoms with Gasteiger partial charge in [-0.25, -0.2) is 0 Å². The van der Waals surface area contributed by atoms with Gasteiger partial charge in [-0.1, -0.05) is 24.3 Å². The third-order valence-corrected chi connectivity index (χ3v) is 6.25. The molecule has 2 aliphatic heterocycles. The van der Waals surface area contributed by atoms with Crippen LogP contribution >= 0.6 is 0 Å². The first kappa shape index (κ1) is 22.0. The second kappa shape index (κ2) is 8.73. The highest BCUT2D eigenvalue weighted by Crippen LogP contribution is 2.50. The Labute approximate surface area is 187 Å². The topological polar surface area (TPSA) is 85.3 Å². The van der Waals surface area contributed by atoms with Gasteiger partial charge in [-0.15, -0.1) is 0 Å². The Morgan fingerprint density at radius 3 is 2.59 bits per heavy atom. The molecule has 1 amide bonds. The number of rotatable bonds is 8. The van der Waals surface area contributed by atoms with E-state index in [0.717, 1.165) is 11.1 Å². The summed E-state index contributed by atoms with van der Waals surface area (Å²) in [7, 11) is 0. The largest absolute Gasteiger partial charge is 0.490 e. The minimum atomic E-state index is -1.12. The Balaban J connectivity index is 1.61. The van der Waals surface area contributed by atoms with Crippen LogP contribution < -0.4 is 14.2 Å². The van der Waals surface area contributed by atoms with Gasteiger partial charge in [-0.2, -0.15) is 0 Å². The first-order chi connectivity index (χ1) is 15.4. The van der Waals surface area contributed by atoms with Crippen molar-refractivity contribution in [1.29, 1.82) is 0 Å². The van der Waals surface area contributed by atoms with Crippen molar-refractivity contribution < 1.29 is 28.9 Å². The number of aliphatic carboxylic acids is 1. The zero-order valence-electron chi connectivity index (χ0n) is 18.7. The lowest BCUT2D eigenvalue weighted by molar-refractivity contribution is -0.180. The lowest BCUT2D eigenvalue weighted by Crippen LogP contribution is -2.64. The van der Waals surface area contributed by atoms with Crippen LogP contribution in [-0.4, -0.2) is 47.4 Å². The summed E-state index contributed by atoms with van der Waals surface area (Å²) in [6, 6.07) is 13.1. The predicted molar refractivity (Wildman–Crippen MR) is 118 cm³/mol. The maximum Gasteiger partial charge on any atom is 0.316 e. The molecule has 7 nitrogen and oxygen atoms in total. The van der Waals surface area contributed by atoms with Gasteiger partial charge in [0.05, 0.1) is 13.2 Å². The number of piperidine rings is 1. The van der Waals surface area contributed by atoms with Crippen molar-refractivity contribution in [2.24, 2.45) is 5.92 Å². The van der Waals surface area contributed by atoms with Crippen molar-refractivity contribution in [3.63, 3.8) is 0 Å². The van der Waals surface area contributed by atoms with Crippen molar-refractivity contribution in [2.45, 2.75) is 45.3 Å². The first-order valence-corrected chi connectivity index (χ1v) is 11.1. The molecule has 1 N–H and O–H groups in total. The fourth-order valence-electron chi connectivity index (χ4n) is 4.83. The lowest BCUT2D eigenvalue weighted by Gasteiger charge is -2.52. The van der Waals surface area contributed by atoms with E-state index >= 15 is 0 Å². The third kappa shape index (κ3) is 3.87. The van der Waals surface area contributed by atoms with E-state index in [-0.39, 0.29) is 0 Å². The van der Waals surface area contributed by atoms with Gasteiger partial charge < -0.3 is 24.2 Å². The Morgan fingerprint density at radius 2 is 1.88 bits per heavy atom. The molecule has 0 aliphatic carbocycles. The molecule has 4 rings (SSSR count). The van der Waals surface area contributed by atoms with Gasteiger partial charge in [0.1, 0.15) is 11.7 Å². The number of carbonyl (C=O) groups excluding carboxylic acids is 1. The second-order valence-electron chi connectivity index (χ2n) is 8.33. The SMILES string of the molecule is CCOc1ccc(CCN2C(=O)[C@@H](C(=O)O)[C@@H]3C[C@]2(C)Oc2ccccc23)cc1OCC. The van der Waals surface area contributed by atoms with E-state index in [1.807, 2.05) is 63.2 Å². The molecule has 2 aliphatic rings. The molecule has 32 heavy (non-hydrogen) atoms. The zero-order valence-corrected chi connectivity index (χ0v) is 18.7. The third-order valence-electron chi connectivity index (χ3n) is 6.25. The van der Waals surface area contributed by atoms with Crippen LogP contribution in [0.1, 0.15) is 44.2 Å². The van der Waals surface area contributed by atoms with E-state index in [1.54, 1.807) is 4.90 Å². The van der Waals surface area contributed by atoms with E-state index in [4.69, 9.17) is 14.2 Å². The van der Waals surface area contributed by atoms with E-state index < -0.39 is 29.4 Å². The van der Waals surface area contributed by atoms with Gasteiger partial charge in [0.25, 0.3) is 0 Å². The van der Waals surface area contributed by atoms with Crippen LogP contribution in [-0.2, 0) is 16.0 Å². The predicted octanol–water partition coefficient (Wildman–Crippen LogP) is 3.85. The molecule has 2 bridgehead atoms. The van der Waals surface area contributed by atoms with Crippen LogP contribution in [0.2, 0.25) is 0 Å². The van der Waals surface area contributed by atoms with Gasteiger partial charge >= 0.3 is 5.97 Å². The molecule has 0 radical (unpaired) electrons. The number of para-hydroxylation sites is 1. The number of carbonyl (C=O) groups is 2. The minimum Gasteiger partial charge on any atom is -0.490 e. The van der Waals surface area contributed by atoms with E-state index in [1.165, 1.54) is 0 Å². The van der Waals surface area contributed by atoms with Gasteiger partial charge in [0.15, 0.2) is 17.2 Å². The number of likely N-dealkylation sites (tertiary alicyclic amines) is 1. The average molecular weight is 440 g/mol. The molecule has 2 aromatic carbocycles. The summed E-state index contributed by atoms with van der Waals surface area (Å²) in [5.41, 5.74) is 0.868. The molecule has 3 atom stereocenters. The quantitative estimate of drug-likeness (QED) is 0.629. The summed E-state index contributed by atoms with van der Waals surface area (Å²) >= 11 is 0. The number of ether oxygens (including phenoxy) is 3. The molecule has 2 heterocycles. The van der Waals surface area contributed by atoms with Crippen molar-refractivity contribution >= 4 is 11.9 Å². The van der Waals surface area contributed by atoms with Crippen LogP contribution in [0.25, 0.3) is 0 Å². The molecule has 1 saturated heterocycles. The summed E-state index contributed by atoms with van der Waals surface area (Å²) < 4.78 is 17.6. The van der Waals surface area contributed by atoms with Crippen molar-refractivity contribution in [2.75, 3.05) is 19.8 Å². The number of nitrogens with zero attached hydrogens (tertiary/aromatic N) is 1. The summed E-state index contributed by atoms with van der Waals surface area (Å²) in [6.45, 7) is 7.10. The molecule has 0 spiro atoms. The Morgan fingerprint density at radius 1 is 1.16 bits per heavy atom. The molecule has 7 heteroatoms. The van der Waals surface area contributed by atoms with Crippen LogP contribution in [0, 0.1) is 5.92 Å². The molecule has 0 saturated carbocycles. The van der Waals surface area contributed by atoms with Crippen LogP contribution in [0.15, 0.2) is 42.5 Å². The van der Waals surface area contributed by atoms with Crippen molar-refractivity contribution in [3.8, 4) is 17.2 Å². The highest BCUT2D eigenvalue weighted by Gasteiger charge is 2.56. The van der Waals surface area contributed by atoms with E-state index in [9.17, 15) is 14.7 Å². The number of hydrogen-bond donors (Lipinski definition) is 1. The van der Waals surface area contributed by atoms with Gasteiger partial charge in [0.2, 0.25) is 5.91 Å². The van der Waals surface area contributed by atoms with Crippen LogP contribution in [0.5, 0.6) is 17.2 Å². The minimum absolute atomic E-state index is 0.341. The Bertz CT molecular complexity index is 1020. The number of hydrogen-bond acceptors (Lipinski definition) is 5. The normalized spacial score (nSPS) is 23.8. The number of benzene rings is 2. The molecular formula is C25H29NO6.